The molecule has 1 aliphatic rings. The Hall–Kier alpha value is -1.84. The van der Waals surface area contributed by atoms with Gasteiger partial charge in [-0.1, -0.05) is 44.2 Å². The first-order valence-electron chi connectivity index (χ1n) is 7.54. The molecule has 0 radical (unpaired) electrons. The van der Waals surface area contributed by atoms with Gasteiger partial charge in [-0.05, 0) is 36.2 Å². The number of carboxylic acids is 1. The Balaban J connectivity index is 1.81. The summed E-state index contributed by atoms with van der Waals surface area (Å²) in [7, 11) is 0. The first-order valence-corrected chi connectivity index (χ1v) is 7.54. The van der Waals surface area contributed by atoms with Gasteiger partial charge in [0, 0.05) is 6.42 Å². The molecular formula is C17H23NO3. The maximum absolute atomic E-state index is 12.0. The van der Waals surface area contributed by atoms with Gasteiger partial charge in [-0.25, -0.2) is 4.79 Å². The van der Waals surface area contributed by atoms with Crippen molar-refractivity contribution >= 4 is 11.9 Å². The first kappa shape index (κ1) is 15.5. The van der Waals surface area contributed by atoms with Gasteiger partial charge in [0.05, 0.1) is 0 Å². The van der Waals surface area contributed by atoms with Gasteiger partial charge in [-0.2, -0.15) is 0 Å². The number of hydrogen-bond acceptors (Lipinski definition) is 2. The van der Waals surface area contributed by atoms with E-state index in [4.69, 9.17) is 5.11 Å². The van der Waals surface area contributed by atoms with Crippen LogP contribution < -0.4 is 5.32 Å². The maximum Gasteiger partial charge on any atom is 0.326 e. The zero-order valence-corrected chi connectivity index (χ0v) is 12.6. The molecule has 0 aromatic heterocycles. The van der Waals surface area contributed by atoms with Gasteiger partial charge in [0.25, 0.3) is 0 Å². The molecule has 4 nitrogen and oxygen atoms in total. The third-order valence-corrected chi connectivity index (χ3v) is 3.94. The number of benzene rings is 1. The van der Waals surface area contributed by atoms with E-state index in [9.17, 15) is 9.59 Å². The van der Waals surface area contributed by atoms with E-state index in [-0.39, 0.29) is 11.8 Å². The lowest BCUT2D eigenvalue weighted by Gasteiger charge is -2.16. The SMILES string of the molecule is CC(C)CC(NC(=O)C[C@@H]1C[C@H]1c1ccccc1)C(=O)O. The second-order valence-corrected chi connectivity index (χ2v) is 6.30. The fourth-order valence-corrected chi connectivity index (χ4v) is 2.77. The summed E-state index contributed by atoms with van der Waals surface area (Å²) in [4.78, 5) is 23.1. The van der Waals surface area contributed by atoms with Crippen LogP contribution >= 0.6 is 0 Å². The summed E-state index contributed by atoms with van der Waals surface area (Å²) < 4.78 is 0. The van der Waals surface area contributed by atoms with Crippen LogP contribution in [0.4, 0.5) is 0 Å². The molecule has 1 saturated carbocycles. The van der Waals surface area contributed by atoms with Crippen LogP contribution in [-0.4, -0.2) is 23.0 Å². The molecule has 1 aromatic carbocycles. The number of carboxylic acid groups (broad SMARTS) is 1. The standard InChI is InChI=1S/C17H23NO3/c1-11(2)8-15(17(20)21)18-16(19)10-13-9-14(13)12-6-4-3-5-7-12/h3-7,11,13-15H,8-10H2,1-2H3,(H,18,19)(H,20,21)/t13-,14-,15?/m0/s1. The number of amides is 1. The van der Waals surface area contributed by atoms with Crippen molar-refractivity contribution in [3.05, 3.63) is 35.9 Å². The normalized spacial score (nSPS) is 21.9. The lowest BCUT2D eigenvalue weighted by molar-refractivity contribution is -0.142. The van der Waals surface area contributed by atoms with Crippen molar-refractivity contribution in [3.63, 3.8) is 0 Å². The van der Waals surface area contributed by atoms with Crippen LogP contribution in [0.3, 0.4) is 0 Å². The summed E-state index contributed by atoms with van der Waals surface area (Å²) in [5.41, 5.74) is 1.27. The predicted molar refractivity (Wildman–Crippen MR) is 80.9 cm³/mol. The fraction of sp³-hybridized carbons (Fsp3) is 0.529. The molecule has 1 fully saturated rings. The Morgan fingerprint density at radius 2 is 1.95 bits per heavy atom. The van der Waals surface area contributed by atoms with E-state index in [0.29, 0.717) is 24.7 Å². The minimum atomic E-state index is -0.951. The van der Waals surface area contributed by atoms with Gasteiger partial charge in [0.15, 0.2) is 0 Å². The fourth-order valence-electron chi connectivity index (χ4n) is 2.77. The van der Waals surface area contributed by atoms with Crippen LogP contribution in [0.15, 0.2) is 30.3 Å². The molecule has 21 heavy (non-hydrogen) atoms. The van der Waals surface area contributed by atoms with Gasteiger partial charge in [-0.15, -0.1) is 0 Å². The lowest BCUT2D eigenvalue weighted by atomic mass is 10.0. The van der Waals surface area contributed by atoms with Crippen molar-refractivity contribution in [2.24, 2.45) is 11.8 Å². The van der Waals surface area contributed by atoms with E-state index < -0.39 is 12.0 Å². The molecule has 1 aliphatic carbocycles. The van der Waals surface area contributed by atoms with Gasteiger partial charge >= 0.3 is 5.97 Å². The van der Waals surface area contributed by atoms with Gasteiger partial charge in [0.1, 0.15) is 6.04 Å². The zero-order valence-electron chi connectivity index (χ0n) is 12.6. The van der Waals surface area contributed by atoms with Gasteiger partial charge in [-0.3, -0.25) is 4.79 Å². The number of carbonyl (C=O) groups is 2. The number of hydrogen-bond donors (Lipinski definition) is 2. The van der Waals surface area contributed by atoms with Crippen LogP contribution in [0.5, 0.6) is 0 Å². The molecule has 3 atom stereocenters. The van der Waals surface area contributed by atoms with Crippen molar-refractivity contribution in [2.75, 3.05) is 0 Å². The van der Waals surface area contributed by atoms with Crippen LogP contribution in [0.2, 0.25) is 0 Å². The maximum atomic E-state index is 12.0. The minimum Gasteiger partial charge on any atom is -0.480 e. The molecule has 114 valence electrons. The molecule has 0 saturated heterocycles. The van der Waals surface area contributed by atoms with Crippen molar-refractivity contribution in [3.8, 4) is 0 Å². The molecular weight excluding hydrogens is 266 g/mol. The van der Waals surface area contributed by atoms with Crippen molar-refractivity contribution in [1.82, 2.24) is 5.32 Å². The Morgan fingerprint density at radius 1 is 1.29 bits per heavy atom. The molecule has 0 aliphatic heterocycles. The number of nitrogens with one attached hydrogen (secondary N) is 1. The summed E-state index contributed by atoms with van der Waals surface area (Å²) in [5.74, 6) is -0.0606. The molecule has 2 rings (SSSR count). The molecule has 2 N–H and O–H groups in total. The zero-order chi connectivity index (χ0) is 15.4. The molecule has 1 unspecified atom stereocenters. The van der Waals surface area contributed by atoms with E-state index >= 15 is 0 Å². The average Bonchev–Trinajstić information content (AvgIpc) is 3.17. The Labute approximate surface area is 125 Å². The highest BCUT2D eigenvalue weighted by Gasteiger charge is 2.39. The molecule has 0 bridgehead atoms. The Morgan fingerprint density at radius 3 is 2.52 bits per heavy atom. The average molecular weight is 289 g/mol. The van der Waals surface area contributed by atoms with E-state index in [1.165, 1.54) is 5.56 Å². The highest BCUT2D eigenvalue weighted by atomic mass is 16.4. The Bertz CT molecular complexity index is 498. The minimum absolute atomic E-state index is 0.147. The van der Waals surface area contributed by atoms with E-state index in [1.807, 2.05) is 32.0 Å². The van der Waals surface area contributed by atoms with E-state index in [0.717, 1.165) is 6.42 Å². The smallest absolute Gasteiger partial charge is 0.326 e. The van der Waals surface area contributed by atoms with Crippen LogP contribution in [0, 0.1) is 11.8 Å². The third kappa shape index (κ3) is 4.59. The molecule has 1 amide bonds. The molecule has 1 aromatic rings. The molecule has 0 spiro atoms. The number of aliphatic carboxylic acids is 1. The summed E-state index contributed by atoms with van der Waals surface area (Å²) in [5, 5.41) is 11.8. The van der Waals surface area contributed by atoms with Crippen LogP contribution in [-0.2, 0) is 9.59 Å². The first-order chi connectivity index (χ1) is 9.97. The lowest BCUT2D eigenvalue weighted by Crippen LogP contribution is -2.41. The van der Waals surface area contributed by atoms with Crippen molar-refractivity contribution in [1.29, 1.82) is 0 Å². The van der Waals surface area contributed by atoms with Gasteiger partial charge < -0.3 is 10.4 Å². The summed E-state index contributed by atoms with van der Waals surface area (Å²) in [6, 6.07) is 9.40. The third-order valence-electron chi connectivity index (χ3n) is 3.94. The topological polar surface area (TPSA) is 66.4 Å². The van der Waals surface area contributed by atoms with Gasteiger partial charge in [0.2, 0.25) is 5.91 Å². The van der Waals surface area contributed by atoms with E-state index in [2.05, 4.69) is 17.4 Å². The summed E-state index contributed by atoms with van der Waals surface area (Å²) >= 11 is 0. The highest BCUT2D eigenvalue weighted by Crippen LogP contribution is 2.49. The summed E-state index contributed by atoms with van der Waals surface area (Å²) in [6.07, 6.45) is 1.90. The second-order valence-electron chi connectivity index (χ2n) is 6.30. The van der Waals surface area contributed by atoms with Crippen LogP contribution in [0.25, 0.3) is 0 Å². The number of rotatable bonds is 7. The number of carbonyl (C=O) groups excluding carboxylic acids is 1. The van der Waals surface area contributed by atoms with Crippen LogP contribution in [0.1, 0.15) is 44.6 Å². The quantitative estimate of drug-likeness (QED) is 0.811. The largest absolute Gasteiger partial charge is 0.480 e. The predicted octanol–water partition coefficient (Wildman–Crippen LogP) is 2.80. The second kappa shape index (κ2) is 6.74. The van der Waals surface area contributed by atoms with Crippen molar-refractivity contribution < 1.29 is 14.7 Å². The Kier molecular flexibility index (Phi) is 4.99. The van der Waals surface area contributed by atoms with E-state index in [1.54, 1.807) is 0 Å². The monoisotopic (exact) mass is 289 g/mol. The van der Waals surface area contributed by atoms with Crippen molar-refractivity contribution in [2.45, 2.75) is 45.1 Å². The highest BCUT2D eigenvalue weighted by molar-refractivity contribution is 5.83. The summed E-state index contributed by atoms with van der Waals surface area (Å²) in [6.45, 7) is 3.91. The molecule has 4 heteroatoms. The molecule has 0 heterocycles.